The number of rotatable bonds is 18. The van der Waals surface area contributed by atoms with Gasteiger partial charge in [-0.1, -0.05) is 113 Å². The molecule has 0 heterocycles. The molecular weight excluding hydrogens is 400 g/mol. The average Bonchev–Trinajstić information content (AvgIpc) is 2.70. The van der Waals surface area contributed by atoms with E-state index in [0.29, 0.717) is 30.8 Å². The molecule has 0 aliphatic heterocycles. The third kappa shape index (κ3) is 15.5. The quantitative estimate of drug-likeness (QED) is 0.119. The van der Waals surface area contributed by atoms with Crippen LogP contribution in [0.4, 0.5) is 0 Å². The number of carbonyl (C=O) groups excluding carboxylic acids is 2. The Hall–Kier alpha value is -1.32. The highest BCUT2D eigenvalue weighted by atomic mass is 16.5. The maximum absolute atomic E-state index is 13.0. The normalized spacial score (nSPS) is 12.6. The molecule has 0 atom stereocenters. The summed E-state index contributed by atoms with van der Waals surface area (Å²) in [7, 11) is 0. The van der Waals surface area contributed by atoms with Crippen LogP contribution in [0.3, 0.4) is 0 Å². The lowest BCUT2D eigenvalue weighted by atomic mass is 9.83. The molecule has 0 aromatic rings. The molecule has 0 unspecified atom stereocenters. The molecule has 0 radical (unpaired) electrons. The zero-order valence-corrected chi connectivity index (χ0v) is 22.3. The van der Waals surface area contributed by atoms with Crippen molar-refractivity contribution in [1.82, 2.24) is 0 Å². The standard InChI is InChI=1S/C28H52O4/c1-8-10-12-14-16-18-20-31-26(29)24(22-28(5,6)7)25(23(3)4)27(30)32-21-19-17-15-13-11-9-2/h23H,8-22H2,1-7H3/b25-24-. The van der Waals surface area contributed by atoms with E-state index >= 15 is 0 Å². The third-order valence-electron chi connectivity index (χ3n) is 5.54. The van der Waals surface area contributed by atoms with Crippen LogP contribution in [0.5, 0.6) is 0 Å². The molecule has 0 aliphatic rings. The second kappa shape index (κ2) is 18.1. The van der Waals surface area contributed by atoms with Gasteiger partial charge in [0.05, 0.1) is 18.8 Å². The minimum Gasteiger partial charge on any atom is -0.462 e. The van der Waals surface area contributed by atoms with Crippen molar-refractivity contribution in [2.24, 2.45) is 11.3 Å². The van der Waals surface area contributed by atoms with Crippen molar-refractivity contribution in [2.75, 3.05) is 13.2 Å². The van der Waals surface area contributed by atoms with Gasteiger partial charge in [-0.25, -0.2) is 9.59 Å². The molecule has 0 rings (SSSR count). The molecule has 0 fully saturated rings. The van der Waals surface area contributed by atoms with Crippen LogP contribution in [0.1, 0.15) is 132 Å². The van der Waals surface area contributed by atoms with Crippen LogP contribution in [-0.4, -0.2) is 25.2 Å². The van der Waals surface area contributed by atoms with Crippen LogP contribution in [0.2, 0.25) is 0 Å². The minimum absolute atomic E-state index is 0.0917. The Kier molecular flexibility index (Phi) is 17.4. The van der Waals surface area contributed by atoms with Crippen molar-refractivity contribution in [2.45, 2.75) is 132 Å². The van der Waals surface area contributed by atoms with Gasteiger partial charge in [-0.15, -0.1) is 0 Å². The van der Waals surface area contributed by atoms with Gasteiger partial charge in [0.2, 0.25) is 0 Å². The lowest BCUT2D eigenvalue weighted by molar-refractivity contribution is -0.143. The van der Waals surface area contributed by atoms with Crippen molar-refractivity contribution < 1.29 is 19.1 Å². The van der Waals surface area contributed by atoms with Crippen LogP contribution in [0.15, 0.2) is 11.1 Å². The van der Waals surface area contributed by atoms with E-state index in [-0.39, 0.29) is 23.3 Å². The molecule has 188 valence electrons. The van der Waals surface area contributed by atoms with Crippen LogP contribution in [-0.2, 0) is 19.1 Å². The van der Waals surface area contributed by atoms with Crippen LogP contribution < -0.4 is 0 Å². The van der Waals surface area contributed by atoms with Gasteiger partial charge in [-0.05, 0) is 30.6 Å². The number of hydrogen-bond acceptors (Lipinski definition) is 4. The van der Waals surface area contributed by atoms with Crippen LogP contribution in [0.25, 0.3) is 0 Å². The highest BCUT2D eigenvalue weighted by Gasteiger charge is 2.29. The number of ether oxygens (including phenoxy) is 2. The van der Waals surface area contributed by atoms with Gasteiger partial charge < -0.3 is 9.47 Å². The largest absolute Gasteiger partial charge is 0.462 e. The fourth-order valence-electron chi connectivity index (χ4n) is 3.77. The van der Waals surface area contributed by atoms with E-state index in [1.165, 1.54) is 51.4 Å². The zero-order valence-electron chi connectivity index (χ0n) is 22.3. The maximum Gasteiger partial charge on any atom is 0.334 e. The summed E-state index contributed by atoms with van der Waals surface area (Å²) in [5.41, 5.74) is 0.846. The van der Waals surface area contributed by atoms with Crippen molar-refractivity contribution in [1.29, 1.82) is 0 Å². The fraction of sp³-hybridized carbons (Fsp3) is 0.857. The molecule has 0 aromatic heterocycles. The first-order chi connectivity index (χ1) is 15.1. The highest BCUT2D eigenvalue weighted by molar-refractivity contribution is 6.00. The third-order valence-corrected chi connectivity index (χ3v) is 5.54. The van der Waals surface area contributed by atoms with Crippen molar-refractivity contribution >= 4 is 11.9 Å². The van der Waals surface area contributed by atoms with E-state index in [0.717, 1.165) is 25.7 Å². The number of unbranched alkanes of at least 4 members (excludes halogenated alkanes) is 10. The molecule has 0 N–H and O–H groups in total. The van der Waals surface area contributed by atoms with Gasteiger partial charge in [0.25, 0.3) is 0 Å². The monoisotopic (exact) mass is 452 g/mol. The Balaban J connectivity index is 5.01. The molecule has 4 nitrogen and oxygen atoms in total. The second-order valence-corrected chi connectivity index (χ2v) is 10.6. The van der Waals surface area contributed by atoms with E-state index in [2.05, 4.69) is 34.6 Å². The summed E-state index contributed by atoms with van der Waals surface area (Å²) < 4.78 is 11.2. The van der Waals surface area contributed by atoms with Crippen molar-refractivity contribution in [3.63, 3.8) is 0 Å². The summed E-state index contributed by atoms with van der Waals surface area (Å²) in [5, 5.41) is 0. The summed E-state index contributed by atoms with van der Waals surface area (Å²) in [4.78, 5) is 25.9. The van der Waals surface area contributed by atoms with Gasteiger partial charge in [-0.3, -0.25) is 0 Å². The Morgan fingerprint density at radius 3 is 1.47 bits per heavy atom. The molecule has 0 aromatic carbocycles. The number of hydrogen-bond donors (Lipinski definition) is 0. The second-order valence-electron chi connectivity index (χ2n) is 10.6. The molecule has 4 heteroatoms. The predicted molar refractivity (Wildman–Crippen MR) is 135 cm³/mol. The topological polar surface area (TPSA) is 52.6 Å². The van der Waals surface area contributed by atoms with Crippen molar-refractivity contribution in [3.05, 3.63) is 11.1 Å². The molecule has 0 aliphatic carbocycles. The van der Waals surface area contributed by atoms with Crippen LogP contribution in [0, 0.1) is 11.3 Å². The molecule has 0 saturated heterocycles. The molecule has 0 amide bonds. The lowest BCUT2D eigenvalue weighted by Gasteiger charge is -2.23. The van der Waals surface area contributed by atoms with E-state index in [9.17, 15) is 9.59 Å². The summed E-state index contributed by atoms with van der Waals surface area (Å²) in [6, 6.07) is 0. The van der Waals surface area contributed by atoms with E-state index < -0.39 is 0 Å². The Bertz CT molecular complexity index is 540. The molecule has 0 spiro atoms. The molecule has 32 heavy (non-hydrogen) atoms. The minimum atomic E-state index is -0.357. The maximum atomic E-state index is 13.0. The summed E-state index contributed by atoms with van der Waals surface area (Å²) in [5.74, 6) is -0.802. The SMILES string of the molecule is CCCCCCCCOC(=O)/C(CC(C)(C)C)=C(\C(=O)OCCCCCCCC)C(C)C. The van der Waals surface area contributed by atoms with Gasteiger partial charge >= 0.3 is 11.9 Å². The van der Waals surface area contributed by atoms with Gasteiger partial charge in [-0.2, -0.15) is 0 Å². The highest BCUT2D eigenvalue weighted by Crippen LogP contribution is 2.30. The number of esters is 2. The van der Waals surface area contributed by atoms with Gasteiger partial charge in [0.15, 0.2) is 0 Å². The first kappa shape index (κ1) is 30.7. The average molecular weight is 453 g/mol. The lowest BCUT2D eigenvalue weighted by Crippen LogP contribution is -2.23. The Morgan fingerprint density at radius 2 is 1.06 bits per heavy atom. The smallest absolute Gasteiger partial charge is 0.334 e. The molecule has 0 bridgehead atoms. The van der Waals surface area contributed by atoms with E-state index in [1.54, 1.807) is 0 Å². The zero-order chi connectivity index (χ0) is 24.4. The van der Waals surface area contributed by atoms with E-state index in [4.69, 9.17) is 9.47 Å². The van der Waals surface area contributed by atoms with E-state index in [1.807, 2.05) is 13.8 Å². The summed E-state index contributed by atoms with van der Waals surface area (Å²) in [6.45, 7) is 15.4. The van der Waals surface area contributed by atoms with Crippen LogP contribution >= 0.6 is 0 Å². The van der Waals surface area contributed by atoms with Gasteiger partial charge in [0, 0.05) is 5.57 Å². The van der Waals surface area contributed by atoms with Gasteiger partial charge in [0.1, 0.15) is 0 Å². The molecular formula is C28H52O4. The Labute approximate surface area is 198 Å². The molecule has 0 saturated carbocycles. The fourth-order valence-corrected chi connectivity index (χ4v) is 3.77. The first-order valence-corrected chi connectivity index (χ1v) is 13.2. The van der Waals surface area contributed by atoms with Crippen molar-refractivity contribution in [3.8, 4) is 0 Å². The number of carbonyl (C=O) groups is 2. The predicted octanol–water partition coefficient (Wildman–Crippen LogP) is 8.18. The summed E-state index contributed by atoms with van der Waals surface area (Å²) in [6.07, 6.45) is 14.2. The first-order valence-electron chi connectivity index (χ1n) is 13.2. The summed E-state index contributed by atoms with van der Waals surface area (Å²) >= 11 is 0. The Morgan fingerprint density at radius 1 is 0.656 bits per heavy atom.